The summed E-state index contributed by atoms with van der Waals surface area (Å²) in [5.74, 6) is 0. The first-order chi connectivity index (χ1) is 7.71. The number of benzene rings is 1. The van der Waals surface area contributed by atoms with Crippen molar-refractivity contribution in [3.63, 3.8) is 0 Å². The second-order valence-electron chi connectivity index (χ2n) is 5.33. The van der Waals surface area contributed by atoms with Crippen LogP contribution in [-0.2, 0) is 6.42 Å². The van der Waals surface area contributed by atoms with Gasteiger partial charge in [0.1, 0.15) is 0 Å². The van der Waals surface area contributed by atoms with Crippen LogP contribution in [0.4, 0.5) is 5.69 Å². The standard InChI is InChI=1S/C14H20N2/c1-11(14(15)8-9-14)16-10-4-6-12-5-2-3-7-13(12)16/h2-3,5,7,11H,4,6,8-10,15H2,1H3. The number of para-hydroxylation sites is 1. The van der Waals surface area contributed by atoms with Crippen molar-refractivity contribution in [2.24, 2.45) is 5.73 Å². The van der Waals surface area contributed by atoms with Crippen molar-refractivity contribution in [2.75, 3.05) is 11.4 Å². The van der Waals surface area contributed by atoms with Crippen molar-refractivity contribution in [1.29, 1.82) is 0 Å². The zero-order valence-electron chi connectivity index (χ0n) is 9.95. The van der Waals surface area contributed by atoms with Crippen LogP contribution in [0.1, 0.15) is 31.7 Å². The Morgan fingerprint density at radius 3 is 2.81 bits per heavy atom. The summed E-state index contributed by atoms with van der Waals surface area (Å²) in [4.78, 5) is 2.52. The van der Waals surface area contributed by atoms with Gasteiger partial charge in [0, 0.05) is 23.8 Å². The molecular weight excluding hydrogens is 196 g/mol. The molecule has 2 aliphatic rings. The molecule has 3 rings (SSSR count). The first kappa shape index (κ1) is 10.2. The molecule has 1 aliphatic heterocycles. The Kier molecular flexibility index (Phi) is 2.21. The number of fused-ring (bicyclic) bond motifs is 1. The summed E-state index contributed by atoms with van der Waals surface area (Å²) in [6.07, 6.45) is 4.86. The molecule has 2 N–H and O–H groups in total. The highest BCUT2D eigenvalue weighted by Gasteiger charge is 2.46. The van der Waals surface area contributed by atoms with E-state index in [0.29, 0.717) is 6.04 Å². The van der Waals surface area contributed by atoms with Crippen molar-refractivity contribution >= 4 is 5.69 Å². The van der Waals surface area contributed by atoms with Gasteiger partial charge in [-0.25, -0.2) is 0 Å². The molecule has 0 spiro atoms. The highest BCUT2D eigenvalue weighted by atomic mass is 15.2. The van der Waals surface area contributed by atoms with Crippen LogP contribution in [0.15, 0.2) is 24.3 Å². The highest BCUT2D eigenvalue weighted by Crippen LogP contribution is 2.41. The van der Waals surface area contributed by atoms with E-state index in [4.69, 9.17) is 5.73 Å². The zero-order valence-corrected chi connectivity index (χ0v) is 9.95. The largest absolute Gasteiger partial charge is 0.367 e. The predicted octanol–water partition coefficient (Wildman–Crippen LogP) is 2.32. The summed E-state index contributed by atoms with van der Waals surface area (Å²) >= 11 is 0. The lowest BCUT2D eigenvalue weighted by Gasteiger charge is -2.39. The summed E-state index contributed by atoms with van der Waals surface area (Å²) in [5, 5.41) is 0. The topological polar surface area (TPSA) is 29.3 Å². The third-order valence-corrected chi connectivity index (χ3v) is 4.27. The molecule has 0 radical (unpaired) electrons. The van der Waals surface area contributed by atoms with Crippen LogP contribution in [0, 0.1) is 0 Å². The number of hydrogen-bond acceptors (Lipinski definition) is 2. The number of hydrogen-bond donors (Lipinski definition) is 1. The fourth-order valence-corrected chi connectivity index (χ4v) is 2.84. The lowest BCUT2D eigenvalue weighted by atomic mass is 9.97. The zero-order chi connectivity index (χ0) is 11.2. The van der Waals surface area contributed by atoms with Crippen LogP contribution < -0.4 is 10.6 Å². The molecule has 2 nitrogen and oxygen atoms in total. The summed E-state index contributed by atoms with van der Waals surface area (Å²) in [6.45, 7) is 3.45. The lowest BCUT2D eigenvalue weighted by Crippen LogP contribution is -2.49. The maximum Gasteiger partial charge on any atom is 0.0441 e. The number of anilines is 1. The van der Waals surface area contributed by atoms with Gasteiger partial charge in [-0.15, -0.1) is 0 Å². The van der Waals surface area contributed by atoms with Crippen molar-refractivity contribution in [3.8, 4) is 0 Å². The first-order valence-corrected chi connectivity index (χ1v) is 6.34. The number of aryl methyl sites for hydroxylation is 1. The van der Waals surface area contributed by atoms with Gasteiger partial charge in [-0.1, -0.05) is 18.2 Å². The van der Waals surface area contributed by atoms with Gasteiger partial charge >= 0.3 is 0 Å². The van der Waals surface area contributed by atoms with Crippen LogP contribution in [0.3, 0.4) is 0 Å². The van der Waals surface area contributed by atoms with Gasteiger partial charge < -0.3 is 10.6 Å². The van der Waals surface area contributed by atoms with Crippen molar-refractivity contribution in [3.05, 3.63) is 29.8 Å². The lowest BCUT2D eigenvalue weighted by molar-refractivity contribution is 0.487. The van der Waals surface area contributed by atoms with E-state index in [1.165, 1.54) is 36.9 Å². The van der Waals surface area contributed by atoms with Crippen molar-refractivity contribution in [2.45, 2.75) is 44.2 Å². The van der Waals surface area contributed by atoms with Gasteiger partial charge in [0.05, 0.1) is 0 Å². The Hall–Kier alpha value is -1.02. The molecule has 0 amide bonds. The number of rotatable bonds is 2. The SMILES string of the molecule is CC(N1CCCc2ccccc21)C1(N)CC1. The van der Waals surface area contributed by atoms with Crippen LogP contribution in [0.2, 0.25) is 0 Å². The number of nitrogens with two attached hydrogens (primary N) is 1. The van der Waals surface area contributed by atoms with E-state index in [1.807, 2.05) is 0 Å². The van der Waals surface area contributed by atoms with E-state index in [0.717, 1.165) is 6.54 Å². The van der Waals surface area contributed by atoms with Gasteiger partial charge in [-0.05, 0) is 44.2 Å². The Bertz CT molecular complexity index is 395. The molecule has 1 heterocycles. The highest BCUT2D eigenvalue weighted by molar-refractivity contribution is 5.57. The van der Waals surface area contributed by atoms with Gasteiger partial charge in [-0.2, -0.15) is 0 Å². The Morgan fingerprint density at radius 1 is 1.31 bits per heavy atom. The van der Waals surface area contributed by atoms with Crippen molar-refractivity contribution in [1.82, 2.24) is 0 Å². The molecule has 1 atom stereocenters. The molecule has 0 aromatic heterocycles. The Labute approximate surface area is 97.4 Å². The minimum Gasteiger partial charge on any atom is -0.367 e. The third-order valence-electron chi connectivity index (χ3n) is 4.27. The molecule has 1 fully saturated rings. The summed E-state index contributed by atoms with van der Waals surface area (Å²) in [6, 6.07) is 9.26. The van der Waals surface area contributed by atoms with E-state index < -0.39 is 0 Å². The third kappa shape index (κ3) is 1.52. The molecule has 1 saturated carbocycles. The van der Waals surface area contributed by atoms with Crippen molar-refractivity contribution < 1.29 is 0 Å². The van der Waals surface area contributed by atoms with Gasteiger partial charge in [-0.3, -0.25) is 0 Å². The fourth-order valence-electron chi connectivity index (χ4n) is 2.84. The maximum absolute atomic E-state index is 6.34. The summed E-state index contributed by atoms with van der Waals surface area (Å²) < 4.78 is 0. The molecule has 2 heteroatoms. The van der Waals surface area contributed by atoms with Gasteiger partial charge in [0.25, 0.3) is 0 Å². The second-order valence-corrected chi connectivity index (χ2v) is 5.33. The molecule has 1 aromatic carbocycles. The van der Waals surface area contributed by atoms with Gasteiger partial charge in [0.15, 0.2) is 0 Å². The molecule has 1 aromatic rings. The minimum absolute atomic E-state index is 0.0877. The minimum atomic E-state index is 0.0877. The number of nitrogens with zero attached hydrogens (tertiary/aromatic N) is 1. The monoisotopic (exact) mass is 216 g/mol. The smallest absolute Gasteiger partial charge is 0.0441 e. The molecular formula is C14H20N2. The molecule has 1 unspecified atom stereocenters. The quantitative estimate of drug-likeness (QED) is 0.822. The van der Waals surface area contributed by atoms with E-state index in [9.17, 15) is 0 Å². The van der Waals surface area contributed by atoms with Crippen LogP contribution in [0.25, 0.3) is 0 Å². The van der Waals surface area contributed by atoms with E-state index in [2.05, 4.69) is 36.1 Å². The van der Waals surface area contributed by atoms with Crippen LogP contribution in [-0.4, -0.2) is 18.1 Å². The molecule has 0 bridgehead atoms. The molecule has 86 valence electrons. The average Bonchev–Trinajstić information content (AvgIpc) is 3.07. The first-order valence-electron chi connectivity index (χ1n) is 6.34. The Morgan fingerprint density at radius 2 is 2.06 bits per heavy atom. The Balaban J connectivity index is 1.92. The normalized spacial score (nSPS) is 23.8. The average molecular weight is 216 g/mol. The van der Waals surface area contributed by atoms with E-state index in [-0.39, 0.29) is 5.54 Å². The fraction of sp³-hybridized carbons (Fsp3) is 0.571. The molecule has 0 saturated heterocycles. The van der Waals surface area contributed by atoms with Gasteiger partial charge in [0.2, 0.25) is 0 Å². The molecule has 16 heavy (non-hydrogen) atoms. The van der Waals surface area contributed by atoms with E-state index in [1.54, 1.807) is 0 Å². The second kappa shape index (κ2) is 3.49. The summed E-state index contributed by atoms with van der Waals surface area (Å²) in [5.41, 5.74) is 9.33. The summed E-state index contributed by atoms with van der Waals surface area (Å²) in [7, 11) is 0. The van der Waals surface area contributed by atoms with E-state index >= 15 is 0 Å². The maximum atomic E-state index is 6.34. The van der Waals surface area contributed by atoms with Crippen LogP contribution >= 0.6 is 0 Å². The van der Waals surface area contributed by atoms with Crippen LogP contribution in [0.5, 0.6) is 0 Å². The predicted molar refractivity (Wildman–Crippen MR) is 67.7 cm³/mol. The molecule has 1 aliphatic carbocycles.